The molecule has 1 aliphatic rings. The van der Waals surface area contributed by atoms with Gasteiger partial charge in [0.05, 0.1) is 22.4 Å². The molecule has 0 N–H and O–H groups in total. The number of hydrogen-bond donors (Lipinski definition) is 0. The number of pyridine rings is 2. The SMILES string of the molecule is CC1(c2ccc(C(F)(F)F)cn2)CCc2nc(Cl)ccc2C1=O. The summed E-state index contributed by atoms with van der Waals surface area (Å²) in [4.78, 5) is 20.8. The Kier molecular flexibility index (Phi) is 3.67. The summed E-state index contributed by atoms with van der Waals surface area (Å²) < 4.78 is 37.9. The van der Waals surface area contributed by atoms with E-state index in [1.807, 2.05) is 0 Å². The van der Waals surface area contributed by atoms with Gasteiger partial charge >= 0.3 is 6.18 Å². The lowest BCUT2D eigenvalue weighted by atomic mass is 9.71. The van der Waals surface area contributed by atoms with Gasteiger partial charge in [0.2, 0.25) is 0 Å². The van der Waals surface area contributed by atoms with E-state index >= 15 is 0 Å². The van der Waals surface area contributed by atoms with Gasteiger partial charge in [0.15, 0.2) is 5.78 Å². The van der Waals surface area contributed by atoms with Crippen molar-refractivity contribution < 1.29 is 18.0 Å². The molecular formula is C16H12ClF3N2O. The fraction of sp³-hybridized carbons (Fsp3) is 0.312. The first-order valence-electron chi connectivity index (χ1n) is 6.96. The molecule has 0 amide bonds. The van der Waals surface area contributed by atoms with Crippen LogP contribution in [0.15, 0.2) is 30.5 Å². The van der Waals surface area contributed by atoms with Gasteiger partial charge in [-0.3, -0.25) is 9.78 Å². The molecule has 7 heteroatoms. The number of alkyl halides is 3. The molecule has 1 unspecified atom stereocenters. The van der Waals surface area contributed by atoms with Gasteiger partial charge in [-0.15, -0.1) is 0 Å². The molecule has 0 radical (unpaired) electrons. The van der Waals surface area contributed by atoms with Crippen molar-refractivity contribution in [2.45, 2.75) is 31.4 Å². The van der Waals surface area contributed by atoms with Gasteiger partial charge in [0, 0.05) is 11.8 Å². The lowest BCUT2D eigenvalue weighted by molar-refractivity contribution is -0.137. The van der Waals surface area contributed by atoms with E-state index in [0.717, 1.165) is 12.3 Å². The Morgan fingerprint density at radius 3 is 2.57 bits per heavy atom. The van der Waals surface area contributed by atoms with Gasteiger partial charge in [-0.2, -0.15) is 13.2 Å². The van der Waals surface area contributed by atoms with E-state index in [0.29, 0.717) is 34.9 Å². The summed E-state index contributed by atoms with van der Waals surface area (Å²) in [5.41, 5.74) is -0.401. The monoisotopic (exact) mass is 340 g/mol. The average Bonchev–Trinajstić information content (AvgIpc) is 2.50. The fourth-order valence-corrected chi connectivity index (χ4v) is 2.95. The van der Waals surface area contributed by atoms with E-state index < -0.39 is 17.2 Å². The van der Waals surface area contributed by atoms with Crippen molar-refractivity contribution in [2.24, 2.45) is 0 Å². The molecule has 2 heterocycles. The van der Waals surface area contributed by atoms with Crippen molar-refractivity contribution in [1.82, 2.24) is 9.97 Å². The second-order valence-electron chi connectivity index (χ2n) is 5.72. The van der Waals surface area contributed by atoms with E-state index in [-0.39, 0.29) is 5.78 Å². The van der Waals surface area contributed by atoms with Crippen LogP contribution in [0.4, 0.5) is 13.2 Å². The minimum atomic E-state index is -4.45. The number of ketones is 1. The maximum absolute atomic E-state index is 12.8. The number of aromatic nitrogens is 2. The molecule has 120 valence electrons. The smallest absolute Gasteiger partial charge is 0.293 e. The molecule has 0 saturated carbocycles. The minimum Gasteiger partial charge on any atom is -0.293 e. The Hall–Kier alpha value is -1.95. The van der Waals surface area contributed by atoms with Crippen LogP contribution in [0, 0.1) is 0 Å². The van der Waals surface area contributed by atoms with Crippen LogP contribution < -0.4 is 0 Å². The van der Waals surface area contributed by atoms with Crippen LogP contribution in [0.3, 0.4) is 0 Å². The summed E-state index contributed by atoms with van der Waals surface area (Å²) in [6.45, 7) is 1.70. The largest absolute Gasteiger partial charge is 0.417 e. The van der Waals surface area contributed by atoms with Crippen molar-refractivity contribution in [3.05, 3.63) is 58.1 Å². The molecule has 0 aliphatic heterocycles. The molecule has 1 aliphatic carbocycles. The Labute approximate surface area is 135 Å². The normalized spacial score (nSPS) is 21.2. The Morgan fingerprint density at radius 1 is 1.22 bits per heavy atom. The topological polar surface area (TPSA) is 42.9 Å². The van der Waals surface area contributed by atoms with Gasteiger partial charge in [0.1, 0.15) is 5.15 Å². The van der Waals surface area contributed by atoms with Gasteiger partial charge in [-0.25, -0.2) is 4.98 Å². The second kappa shape index (κ2) is 5.30. The molecule has 0 bridgehead atoms. The zero-order chi connectivity index (χ0) is 16.8. The number of Topliss-reactive ketones (excluding diaryl/α,β-unsaturated/α-hetero) is 1. The van der Waals surface area contributed by atoms with Gasteiger partial charge < -0.3 is 0 Å². The van der Waals surface area contributed by atoms with E-state index in [1.54, 1.807) is 13.0 Å². The van der Waals surface area contributed by atoms with Crippen molar-refractivity contribution >= 4 is 17.4 Å². The van der Waals surface area contributed by atoms with Gasteiger partial charge in [-0.05, 0) is 44.0 Å². The molecule has 0 spiro atoms. The van der Waals surface area contributed by atoms with E-state index in [1.165, 1.54) is 12.1 Å². The standard InChI is InChI=1S/C16H12ClF3N2O/c1-15(12-4-2-9(8-21-12)16(18,19)20)7-6-11-10(14(15)23)3-5-13(17)22-11/h2-5,8H,6-7H2,1H3. The van der Waals surface area contributed by atoms with Crippen LogP contribution in [-0.2, 0) is 18.0 Å². The summed E-state index contributed by atoms with van der Waals surface area (Å²) in [5, 5.41) is 0.313. The molecule has 3 rings (SSSR count). The van der Waals surface area contributed by atoms with Gasteiger partial charge in [-0.1, -0.05) is 11.6 Å². The number of aryl methyl sites for hydroxylation is 1. The predicted molar refractivity (Wildman–Crippen MR) is 78.5 cm³/mol. The third kappa shape index (κ3) is 2.72. The van der Waals surface area contributed by atoms with Crippen molar-refractivity contribution in [1.29, 1.82) is 0 Å². The Morgan fingerprint density at radius 2 is 1.96 bits per heavy atom. The number of carbonyl (C=O) groups is 1. The molecule has 2 aromatic heterocycles. The number of hydrogen-bond acceptors (Lipinski definition) is 3. The summed E-state index contributed by atoms with van der Waals surface area (Å²) in [6, 6.07) is 5.37. The van der Waals surface area contributed by atoms with E-state index in [9.17, 15) is 18.0 Å². The summed E-state index contributed by atoms with van der Waals surface area (Å²) in [5.74, 6) is -0.199. The van der Waals surface area contributed by atoms with Crippen LogP contribution >= 0.6 is 11.6 Å². The number of fused-ring (bicyclic) bond motifs is 1. The lowest BCUT2D eigenvalue weighted by Crippen LogP contribution is -2.38. The number of nitrogens with zero attached hydrogens (tertiary/aromatic N) is 2. The molecule has 1 atom stereocenters. The second-order valence-corrected chi connectivity index (χ2v) is 6.11. The van der Waals surface area contributed by atoms with Crippen LogP contribution in [0.2, 0.25) is 5.15 Å². The van der Waals surface area contributed by atoms with E-state index in [4.69, 9.17) is 11.6 Å². The average molecular weight is 341 g/mol. The first kappa shape index (κ1) is 15.9. The Bertz CT molecular complexity index is 774. The van der Waals surface area contributed by atoms with Crippen LogP contribution in [0.1, 0.15) is 40.7 Å². The number of halogens is 4. The third-order valence-corrected chi connectivity index (χ3v) is 4.41. The highest BCUT2D eigenvalue weighted by Crippen LogP contribution is 2.38. The van der Waals surface area contributed by atoms with Crippen LogP contribution in [-0.4, -0.2) is 15.8 Å². The molecule has 3 nitrogen and oxygen atoms in total. The Balaban J connectivity index is 1.99. The highest BCUT2D eigenvalue weighted by Gasteiger charge is 2.42. The molecular weight excluding hydrogens is 329 g/mol. The first-order chi connectivity index (χ1) is 10.7. The molecule has 0 aromatic carbocycles. The number of rotatable bonds is 1. The van der Waals surface area contributed by atoms with Crippen LogP contribution in [0.5, 0.6) is 0 Å². The molecule has 2 aromatic rings. The zero-order valence-corrected chi connectivity index (χ0v) is 12.9. The van der Waals surface area contributed by atoms with E-state index in [2.05, 4.69) is 9.97 Å². The maximum atomic E-state index is 12.8. The highest BCUT2D eigenvalue weighted by atomic mass is 35.5. The summed E-state index contributed by atoms with van der Waals surface area (Å²) in [7, 11) is 0. The molecule has 23 heavy (non-hydrogen) atoms. The predicted octanol–water partition coefficient (Wildman–Crippen LogP) is 4.24. The summed E-state index contributed by atoms with van der Waals surface area (Å²) >= 11 is 5.83. The highest BCUT2D eigenvalue weighted by molar-refractivity contribution is 6.29. The quantitative estimate of drug-likeness (QED) is 0.729. The third-order valence-electron chi connectivity index (χ3n) is 4.20. The molecule has 0 saturated heterocycles. The summed E-state index contributed by atoms with van der Waals surface area (Å²) in [6.07, 6.45) is -2.74. The van der Waals surface area contributed by atoms with Crippen molar-refractivity contribution in [3.8, 4) is 0 Å². The van der Waals surface area contributed by atoms with Crippen molar-refractivity contribution in [2.75, 3.05) is 0 Å². The van der Waals surface area contributed by atoms with Crippen LogP contribution in [0.25, 0.3) is 0 Å². The minimum absolute atomic E-state index is 0.199. The lowest BCUT2D eigenvalue weighted by Gasteiger charge is -2.32. The first-order valence-corrected chi connectivity index (χ1v) is 7.33. The fourth-order valence-electron chi connectivity index (χ4n) is 2.78. The zero-order valence-electron chi connectivity index (χ0n) is 12.1. The van der Waals surface area contributed by atoms with Gasteiger partial charge in [0.25, 0.3) is 0 Å². The molecule has 0 fully saturated rings. The van der Waals surface area contributed by atoms with Crippen molar-refractivity contribution in [3.63, 3.8) is 0 Å². The number of carbonyl (C=O) groups excluding carboxylic acids is 1. The maximum Gasteiger partial charge on any atom is 0.417 e.